The summed E-state index contributed by atoms with van der Waals surface area (Å²) >= 11 is 0. The van der Waals surface area contributed by atoms with Crippen LogP contribution in [0.2, 0.25) is 0 Å². The number of nitrogens with zero attached hydrogens (tertiary/aromatic N) is 1. The van der Waals surface area contributed by atoms with Gasteiger partial charge in [0, 0.05) is 18.5 Å². The minimum absolute atomic E-state index is 0.186. The average Bonchev–Trinajstić information content (AvgIpc) is 3.01. The maximum absolute atomic E-state index is 12.2. The van der Waals surface area contributed by atoms with Crippen LogP contribution in [0.25, 0.3) is 0 Å². The highest BCUT2D eigenvalue weighted by atomic mass is 16.5. The number of carbonyl (C=O) groups excluding carboxylic acids is 4. The van der Waals surface area contributed by atoms with Crippen LogP contribution in [0.3, 0.4) is 0 Å². The highest BCUT2D eigenvalue weighted by molar-refractivity contribution is 6.01. The largest absolute Gasteiger partial charge is 0.452 e. The van der Waals surface area contributed by atoms with Gasteiger partial charge in [-0.05, 0) is 42.7 Å². The van der Waals surface area contributed by atoms with Crippen molar-refractivity contribution in [2.45, 2.75) is 33.2 Å². The van der Waals surface area contributed by atoms with Crippen molar-refractivity contribution in [1.29, 1.82) is 0 Å². The standard InChI is InChI=1S/C22H22N2O5/c1-14-4-3-5-15(2)21(14)23-18(25)13-29-22(28)17-8-6-16(7-9-17)12-24-19(26)10-11-20(24)27/h3-9H,10-13H2,1-2H3,(H,23,25). The SMILES string of the molecule is Cc1cccc(C)c1NC(=O)COC(=O)c1ccc(CN2C(=O)CCC2=O)cc1. The zero-order valence-corrected chi connectivity index (χ0v) is 16.4. The Morgan fingerprint density at radius 2 is 1.55 bits per heavy atom. The van der Waals surface area contributed by atoms with Crippen LogP contribution >= 0.6 is 0 Å². The van der Waals surface area contributed by atoms with Gasteiger partial charge in [0.05, 0.1) is 12.1 Å². The lowest BCUT2D eigenvalue weighted by Crippen LogP contribution is -2.28. The molecule has 0 bridgehead atoms. The summed E-state index contributed by atoms with van der Waals surface area (Å²) in [6.45, 7) is 3.56. The van der Waals surface area contributed by atoms with Crippen LogP contribution in [-0.4, -0.2) is 35.2 Å². The Morgan fingerprint density at radius 3 is 2.14 bits per heavy atom. The van der Waals surface area contributed by atoms with Crippen molar-refractivity contribution in [3.63, 3.8) is 0 Å². The van der Waals surface area contributed by atoms with E-state index in [2.05, 4.69) is 5.32 Å². The van der Waals surface area contributed by atoms with Crippen molar-refractivity contribution >= 4 is 29.4 Å². The van der Waals surface area contributed by atoms with Gasteiger partial charge >= 0.3 is 5.97 Å². The summed E-state index contributed by atoms with van der Waals surface area (Å²) in [5, 5.41) is 2.76. The van der Waals surface area contributed by atoms with Crippen LogP contribution in [0.1, 0.15) is 39.9 Å². The molecule has 0 atom stereocenters. The van der Waals surface area contributed by atoms with Crippen LogP contribution in [-0.2, 0) is 25.7 Å². The molecular weight excluding hydrogens is 372 g/mol. The summed E-state index contributed by atoms with van der Waals surface area (Å²) in [7, 11) is 0. The quantitative estimate of drug-likeness (QED) is 0.601. The van der Waals surface area contributed by atoms with Crippen LogP contribution < -0.4 is 5.32 Å². The summed E-state index contributed by atoms with van der Waals surface area (Å²) in [5.74, 6) is -1.42. The average molecular weight is 394 g/mol. The van der Waals surface area contributed by atoms with E-state index in [4.69, 9.17) is 4.74 Å². The molecule has 7 nitrogen and oxygen atoms in total. The summed E-state index contributed by atoms with van der Waals surface area (Å²) in [6.07, 6.45) is 0.487. The highest BCUT2D eigenvalue weighted by Crippen LogP contribution is 2.19. The molecule has 0 aliphatic carbocycles. The lowest BCUT2D eigenvalue weighted by Gasteiger charge is -2.14. The molecule has 1 saturated heterocycles. The molecule has 29 heavy (non-hydrogen) atoms. The minimum Gasteiger partial charge on any atom is -0.452 e. The van der Waals surface area contributed by atoms with Gasteiger partial charge in [-0.3, -0.25) is 19.3 Å². The number of para-hydroxylation sites is 1. The predicted molar refractivity (Wildman–Crippen MR) is 106 cm³/mol. The van der Waals surface area contributed by atoms with Gasteiger partial charge in [-0.1, -0.05) is 30.3 Å². The molecule has 1 N–H and O–H groups in total. The van der Waals surface area contributed by atoms with Gasteiger partial charge in [0.25, 0.3) is 5.91 Å². The first-order chi connectivity index (χ1) is 13.8. The van der Waals surface area contributed by atoms with E-state index in [1.165, 1.54) is 4.90 Å². The van der Waals surface area contributed by atoms with Gasteiger partial charge < -0.3 is 10.1 Å². The number of nitrogens with one attached hydrogen (secondary N) is 1. The molecular formula is C22H22N2O5. The zero-order chi connectivity index (χ0) is 21.0. The number of hydrogen-bond acceptors (Lipinski definition) is 5. The number of esters is 1. The van der Waals surface area contributed by atoms with Crippen molar-refractivity contribution < 1.29 is 23.9 Å². The van der Waals surface area contributed by atoms with E-state index in [1.54, 1.807) is 24.3 Å². The molecule has 0 radical (unpaired) electrons. The fraction of sp³-hybridized carbons (Fsp3) is 0.273. The number of anilines is 1. The fourth-order valence-corrected chi connectivity index (χ4v) is 3.13. The topological polar surface area (TPSA) is 92.8 Å². The first kappa shape index (κ1) is 20.3. The molecule has 150 valence electrons. The fourth-order valence-electron chi connectivity index (χ4n) is 3.13. The Morgan fingerprint density at radius 1 is 0.966 bits per heavy atom. The van der Waals surface area contributed by atoms with Crippen LogP contribution in [0.5, 0.6) is 0 Å². The third-order valence-electron chi connectivity index (χ3n) is 4.77. The van der Waals surface area contributed by atoms with E-state index < -0.39 is 18.5 Å². The molecule has 2 aromatic rings. The van der Waals surface area contributed by atoms with Gasteiger partial charge in [-0.25, -0.2) is 4.79 Å². The van der Waals surface area contributed by atoms with Crippen molar-refractivity contribution in [3.05, 3.63) is 64.7 Å². The molecule has 1 fully saturated rings. The molecule has 0 saturated carbocycles. The molecule has 1 aliphatic heterocycles. The maximum atomic E-state index is 12.2. The first-order valence-corrected chi connectivity index (χ1v) is 9.30. The second kappa shape index (κ2) is 8.68. The lowest BCUT2D eigenvalue weighted by atomic mass is 10.1. The molecule has 3 amide bonds. The molecule has 2 aromatic carbocycles. The van der Waals surface area contributed by atoms with Gasteiger partial charge in [0.2, 0.25) is 11.8 Å². The lowest BCUT2D eigenvalue weighted by molar-refractivity contribution is -0.139. The molecule has 0 aromatic heterocycles. The third-order valence-corrected chi connectivity index (χ3v) is 4.77. The Kier molecular flexibility index (Phi) is 6.07. The first-order valence-electron chi connectivity index (χ1n) is 9.30. The summed E-state index contributed by atoms with van der Waals surface area (Å²) in [5.41, 5.74) is 3.58. The van der Waals surface area contributed by atoms with Gasteiger partial charge in [-0.2, -0.15) is 0 Å². The molecule has 3 rings (SSSR count). The van der Waals surface area contributed by atoms with E-state index >= 15 is 0 Å². The van der Waals surface area contributed by atoms with Gasteiger partial charge in [-0.15, -0.1) is 0 Å². The summed E-state index contributed by atoms with van der Waals surface area (Å²) in [4.78, 5) is 48.9. The Bertz CT molecular complexity index is 929. The molecule has 0 unspecified atom stereocenters. The van der Waals surface area contributed by atoms with E-state index in [9.17, 15) is 19.2 Å². The van der Waals surface area contributed by atoms with Crippen molar-refractivity contribution in [2.24, 2.45) is 0 Å². The molecule has 0 spiro atoms. The van der Waals surface area contributed by atoms with Crippen LogP contribution in [0, 0.1) is 13.8 Å². The third kappa shape index (κ3) is 4.87. The number of ether oxygens (including phenoxy) is 1. The minimum atomic E-state index is -0.624. The van der Waals surface area contributed by atoms with Crippen molar-refractivity contribution in [2.75, 3.05) is 11.9 Å². The molecule has 1 aliphatic rings. The van der Waals surface area contributed by atoms with Crippen molar-refractivity contribution in [3.8, 4) is 0 Å². The number of imide groups is 1. The second-order valence-electron chi connectivity index (χ2n) is 6.96. The molecule has 7 heteroatoms. The number of benzene rings is 2. The monoisotopic (exact) mass is 394 g/mol. The number of hydrogen-bond donors (Lipinski definition) is 1. The van der Waals surface area contributed by atoms with E-state index in [0.29, 0.717) is 5.69 Å². The van der Waals surface area contributed by atoms with Crippen LogP contribution in [0.15, 0.2) is 42.5 Å². The predicted octanol–water partition coefficient (Wildman–Crippen LogP) is 2.75. The summed E-state index contributed by atoms with van der Waals surface area (Å²) in [6, 6.07) is 12.1. The normalized spacial score (nSPS) is 13.5. The van der Waals surface area contributed by atoms with Crippen LogP contribution in [0.4, 0.5) is 5.69 Å². The summed E-state index contributed by atoms with van der Waals surface area (Å²) < 4.78 is 5.08. The second-order valence-corrected chi connectivity index (χ2v) is 6.96. The van der Waals surface area contributed by atoms with Crippen molar-refractivity contribution in [1.82, 2.24) is 4.90 Å². The van der Waals surface area contributed by atoms with E-state index in [1.807, 2.05) is 32.0 Å². The Labute approximate surface area is 168 Å². The number of amides is 3. The number of carbonyl (C=O) groups is 4. The van der Waals surface area contributed by atoms with Gasteiger partial charge in [0.1, 0.15) is 0 Å². The molecule has 1 heterocycles. The van der Waals surface area contributed by atoms with E-state index in [-0.39, 0.29) is 36.8 Å². The Hall–Kier alpha value is -3.48. The maximum Gasteiger partial charge on any atom is 0.338 e. The highest BCUT2D eigenvalue weighted by Gasteiger charge is 2.28. The Balaban J connectivity index is 1.53. The number of likely N-dealkylation sites (tertiary alicyclic amines) is 1. The van der Waals surface area contributed by atoms with Gasteiger partial charge in [0.15, 0.2) is 6.61 Å². The number of rotatable bonds is 6. The van der Waals surface area contributed by atoms with E-state index in [0.717, 1.165) is 16.7 Å². The smallest absolute Gasteiger partial charge is 0.338 e. The number of aryl methyl sites for hydroxylation is 2. The zero-order valence-electron chi connectivity index (χ0n) is 16.4.